The normalized spacial score (nSPS) is 17.2. The molecule has 6 heteroatoms. The molecule has 2 aromatic rings. The van der Waals surface area contributed by atoms with Gasteiger partial charge in [-0.2, -0.15) is 0 Å². The van der Waals surface area contributed by atoms with Gasteiger partial charge in [-0.1, -0.05) is 49.1 Å². The average molecular weight is 336 g/mol. The van der Waals surface area contributed by atoms with Crippen LogP contribution in [0.25, 0.3) is 11.3 Å². The molecule has 1 aromatic carbocycles. The topological polar surface area (TPSA) is 68.0 Å². The number of halogens is 1. The van der Waals surface area contributed by atoms with Crippen molar-refractivity contribution in [3.05, 3.63) is 34.7 Å². The van der Waals surface area contributed by atoms with Gasteiger partial charge in [0.15, 0.2) is 5.13 Å². The molecule has 1 heterocycles. The maximum atomic E-state index is 12.4. The van der Waals surface area contributed by atoms with Gasteiger partial charge in [0.05, 0.1) is 11.2 Å². The molecule has 0 radical (unpaired) electrons. The van der Waals surface area contributed by atoms with Crippen molar-refractivity contribution in [2.24, 2.45) is 5.73 Å². The number of anilines is 1. The number of carbonyl (C=O) groups excluding carboxylic acids is 1. The minimum atomic E-state index is -0.755. The molecule has 1 aliphatic carbocycles. The van der Waals surface area contributed by atoms with E-state index in [0.29, 0.717) is 10.2 Å². The molecule has 0 aliphatic heterocycles. The number of hydrogen-bond acceptors (Lipinski definition) is 4. The number of carbonyl (C=O) groups is 1. The van der Waals surface area contributed by atoms with Gasteiger partial charge in [0.25, 0.3) is 0 Å². The Bertz CT molecular complexity index is 680. The minimum absolute atomic E-state index is 0.132. The lowest BCUT2D eigenvalue weighted by Gasteiger charge is -2.31. The lowest BCUT2D eigenvalue weighted by atomic mass is 9.82. The molecule has 4 nitrogen and oxygen atoms in total. The number of nitrogens with zero attached hydrogens (tertiary/aromatic N) is 1. The SMILES string of the molecule is NC1(C(=O)Nc2nc(-c3ccccc3Cl)cs2)CCCCC1. The second kappa shape index (κ2) is 6.36. The summed E-state index contributed by atoms with van der Waals surface area (Å²) in [7, 11) is 0. The summed E-state index contributed by atoms with van der Waals surface area (Å²) in [6.45, 7) is 0. The zero-order chi connectivity index (χ0) is 15.6. The quantitative estimate of drug-likeness (QED) is 0.888. The number of aromatic nitrogens is 1. The molecular weight excluding hydrogens is 318 g/mol. The summed E-state index contributed by atoms with van der Waals surface area (Å²) in [6.07, 6.45) is 4.64. The Morgan fingerprint density at radius 2 is 2.00 bits per heavy atom. The van der Waals surface area contributed by atoms with Crippen molar-refractivity contribution < 1.29 is 4.79 Å². The summed E-state index contributed by atoms with van der Waals surface area (Å²) in [6, 6.07) is 7.53. The Morgan fingerprint density at radius 3 is 2.73 bits per heavy atom. The van der Waals surface area contributed by atoms with Crippen molar-refractivity contribution in [2.75, 3.05) is 5.32 Å². The second-order valence-electron chi connectivity index (χ2n) is 5.69. The molecule has 1 saturated carbocycles. The largest absolute Gasteiger partial charge is 0.317 e. The monoisotopic (exact) mass is 335 g/mol. The molecule has 0 spiro atoms. The molecule has 1 aliphatic rings. The number of hydrogen-bond donors (Lipinski definition) is 2. The zero-order valence-electron chi connectivity index (χ0n) is 12.1. The van der Waals surface area contributed by atoms with Crippen molar-refractivity contribution in [1.29, 1.82) is 0 Å². The Labute approximate surface area is 138 Å². The van der Waals surface area contributed by atoms with Gasteiger partial charge in [-0.05, 0) is 18.9 Å². The third-order valence-corrected chi connectivity index (χ3v) is 5.16. The predicted molar refractivity (Wildman–Crippen MR) is 91.2 cm³/mol. The first-order valence-corrected chi connectivity index (χ1v) is 8.65. The van der Waals surface area contributed by atoms with Crippen LogP contribution in [0.3, 0.4) is 0 Å². The Kier molecular flexibility index (Phi) is 4.47. The third kappa shape index (κ3) is 3.16. The van der Waals surface area contributed by atoms with Crippen LogP contribution in [0.4, 0.5) is 5.13 Å². The first-order chi connectivity index (χ1) is 10.6. The van der Waals surface area contributed by atoms with Crippen LogP contribution in [0.1, 0.15) is 32.1 Å². The number of benzene rings is 1. The summed E-state index contributed by atoms with van der Waals surface area (Å²) in [4.78, 5) is 16.9. The van der Waals surface area contributed by atoms with Crippen LogP contribution >= 0.6 is 22.9 Å². The average Bonchev–Trinajstić information content (AvgIpc) is 2.97. The highest BCUT2D eigenvalue weighted by Crippen LogP contribution is 2.31. The highest BCUT2D eigenvalue weighted by Gasteiger charge is 2.35. The fraction of sp³-hybridized carbons (Fsp3) is 0.375. The van der Waals surface area contributed by atoms with Gasteiger partial charge in [-0.3, -0.25) is 4.79 Å². The van der Waals surface area contributed by atoms with Crippen LogP contribution in [0.15, 0.2) is 29.6 Å². The van der Waals surface area contributed by atoms with Crippen LogP contribution in [0, 0.1) is 0 Å². The predicted octanol–water partition coefficient (Wildman–Crippen LogP) is 4.06. The lowest BCUT2D eigenvalue weighted by Crippen LogP contribution is -2.52. The summed E-state index contributed by atoms with van der Waals surface area (Å²) < 4.78 is 0. The molecule has 0 atom stereocenters. The number of nitrogens with two attached hydrogens (primary N) is 1. The van der Waals surface area contributed by atoms with Gasteiger partial charge in [0.1, 0.15) is 0 Å². The van der Waals surface area contributed by atoms with Gasteiger partial charge in [-0.25, -0.2) is 4.98 Å². The number of thiazole rings is 1. The molecule has 22 heavy (non-hydrogen) atoms. The minimum Gasteiger partial charge on any atom is -0.317 e. The summed E-state index contributed by atoms with van der Waals surface area (Å²) >= 11 is 7.56. The number of nitrogens with one attached hydrogen (secondary N) is 1. The van der Waals surface area contributed by atoms with Gasteiger partial charge in [0, 0.05) is 16.0 Å². The first-order valence-electron chi connectivity index (χ1n) is 7.39. The van der Waals surface area contributed by atoms with Gasteiger partial charge in [0.2, 0.25) is 5.91 Å². The van der Waals surface area contributed by atoms with Gasteiger partial charge >= 0.3 is 0 Å². The first kappa shape index (κ1) is 15.5. The van der Waals surface area contributed by atoms with E-state index in [1.165, 1.54) is 11.3 Å². The van der Waals surface area contributed by atoms with Crippen LogP contribution in [0.5, 0.6) is 0 Å². The van der Waals surface area contributed by atoms with E-state index in [1.807, 2.05) is 29.6 Å². The highest BCUT2D eigenvalue weighted by atomic mass is 35.5. The number of rotatable bonds is 3. The smallest absolute Gasteiger partial charge is 0.246 e. The Morgan fingerprint density at radius 1 is 1.27 bits per heavy atom. The van der Waals surface area contributed by atoms with Gasteiger partial charge < -0.3 is 11.1 Å². The standard InChI is InChI=1S/C16H18ClN3OS/c17-12-7-3-2-6-11(12)13-10-22-15(19-13)20-14(21)16(18)8-4-1-5-9-16/h2-3,6-7,10H,1,4-5,8-9,18H2,(H,19,20,21). The van der Waals surface area contributed by atoms with Crippen LogP contribution in [-0.2, 0) is 4.79 Å². The van der Waals surface area contributed by atoms with Crippen molar-refractivity contribution in [2.45, 2.75) is 37.6 Å². The zero-order valence-corrected chi connectivity index (χ0v) is 13.7. The van der Waals surface area contributed by atoms with Crippen molar-refractivity contribution in [3.63, 3.8) is 0 Å². The van der Waals surface area contributed by atoms with Crippen molar-refractivity contribution in [3.8, 4) is 11.3 Å². The Balaban J connectivity index is 1.74. The lowest BCUT2D eigenvalue weighted by molar-refractivity contribution is -0.122. The molecule has 1 fully saturated rings. The molecule has 3 rings (SSSR count). The molecule has 0 saturated heterocycles. The fourth-order valence-corrected chi connectivity index (χ4v) is 3.69. The van der Waals surface area contributed by atoms with E-state index in [-0.39, 0.29) is 5.91 Å². The van der Waals surface area contributed by atoms with E-state index in [2.05, 4.69) is 10.3 Å². The van der Waals surface area contributed by atoms with Crippen molar-refractivity contribution in [1.82, 2.24) is 4.98 Å². The molecule has 0 unspecified atom stereocenters. The summed E-state index contributed by atoms with van der Waals surface area (Å²) in [5, 5.41) is 5.96. The highest BCUT2D eigenvalue weighted by molar-refractivity contribution is 7.14. The van der Waals surface area contributed by atoms with E-state index in [4.69, 9.17) is 17.3 Å². The third-order valence-electron chi connectivity index (χ3n) is 4.07. The van der Waals surface area contributed by atoms with E-state index in [1.54, 1.807) is 0 Å². The molecule has 3 N–H and O–H groups in total. The van der Waals surface area contributed by atoms with E-state index < -0.39 is 5.54 Å². The van der Waals surface area contributed by atoms with E-state index >= 15 is 0 Å². The van der Waals surface area contributed by atoms with Crippen LogP contribution in [-0.4, -0.2) is 16.4 Å². The fourth-order valence-electron chi connectivity index (χ4n) is 2.76. The number of amides is 1. The van der Waals surface area contributed by atoms with Crippen LogP contribution in [0.2, 0.25) is 5.02 Å². The molecule has 1 amide bonds. The maximum absolute atomic E-state index is 12.4. The van der Waals surface area contributed by atoms with E-state index in [9.17, 15) is 4.79 Å². The molecular formula is C16H18ClN3OS. The molecule has 1 aromatic heterocycles. The van der Waals surface area contributed by atoms with Crippen molar-refractivity contribution >= 4 is 34.0 Å². The van der Waals surface area contributed by atoms with Crippen LogP contribution < -0.4 is 11.1 Å². The van der Waals surface area contributed by atoms with Gasteiger partial charge in [-0.15, -0.1) is 11.3 Å². The second-order valence-corrected chi connectivity index (χ2v) is 6.95. The molecule has 116 valence electrons. The Hall–Kier alpha value is -1.43. The molecule has 0 bridgehead atoms. The summed E-state index contributed by atoms with van der Waals surface area (Å²) in [5.41, 5.74) is 7.11. The van der Waals surface area contributed by atoms with E-state index in [0.717, 1.165) is 43.4 Å². The summed E-state index contributed by atoms with van der Waals surface area (Å²) in [5.74, 6) is -0.132. The maximum Gasteiger partial charge on any atom is 0.246 e.